The van der Waals surface area contributed by atoms with Gasteiger partial charge in [-0.15, -0.1) is 11.3 Å². The fourth-order valence-electron chi connectivity index (χ4n) is 3.98. The summed E-state index contributed by atoms with van der Waals surface area (Å²) in [6.45, 7) is 2.28. The third kappa shape index (κ3) is 2.40. The van der Waals surface area contributed by atoms with Crippen LogP contribution in [0.3, 0.4) is 0 Å². The molecule has 1 unspecified atom stereocenters. The summed E-state index contributed by atoms with van der Waals surface area (Å²) < 4.78 is 2.07. The van der Waals surface area contributed by atoms with Crippen LogP contribution in [0.15, 0.2) is 29.1 Å². The molecule has 1 atom stereocenters. The van der Waals surface area contributed by atoms with Crippen LogP contribution in [0.2, 0.25) is 0 Å². The van der Waals surface area contributed by atoms with Gasteiger partial charge >= 0.3 is 0 Å². The Balaban J connectivity index is 1.59. The molecule has 1 N–H and O–H groups in total. The number of hydrogen-bond acceptors (Lipinski definition) is 4. The lowest BCUT2D eigenvalue weighted by Crippen LogP contribution is -2.15. The number of rotatable bonds is 2. The van der Waals surface area contributed by atoms with Crippen molar-refractivity contribution in [3.63, 3.8) is 0 Å². The van der Waals surface area contributed by atoms with Gasteiger partial charge < -0.3 is 9.55 Å². The van der Waals surface area contributed by atoms with Gasteiger partial charge in [0.05, 0.1) is 22.8 Å². The SMILES string of the molecule is CC1CCc2c(sc3nc(Cc4nc5ccccc5n4C)[nH]c(=O)c23)C1. The van der Waals surface area contributed by atoms with Crippen molar-refractivity contribution in [1.29, 1.82) is 0 Å². The Morgan fingerprint density at radius 3 is 3.00 bits per heavy atom. The molecule has 0 fully saturated rings. The zero-order chi connectivity index (χ0) is 17.8. The minimum Gasteiger partial charge on any atom is -0.331 e. The van der Waals surface area contributed by atoms with Crippen LogP contribution in [-0.4, -0.2) is 19.5 Å². The van der Waals surface area contributed by atoms with E-state index in [9.17, 15) is 4.79 Å². The molecule has 0 spiro atoms. The van der Waals surface area contributed by atoms with Crippen molar-refractivity contribution in [2.24, 2.45) is 13.0 Å². The van der Waals surface area contributed by atoms with Crippen LogP contribution in [0.25, 0.3) is 21.3 Å². The number of para-hydroxylation sites is 2. The van der Waals surface area contributed by atoms with E-state index in [1.165, 1.54) is 10.4 Å². The van der Waals surface area contributed by atoms with E-state index in [1.807, 2.05) is 25.2 Å². The second kappa shape index (κ2) is 5.77. The Morgan fingerprint density at radius 1 is 1.31 bits per heavy atom. The molecular weight excluding hydrogens is 344 g/mol. The molecule has 3 heterocycles. The standard InChI is InChI=1S/C20H20N4OS/c1-11-7-8-12-15(9-11)26-20-18(12)19(25)22-16(23-20)10-17-21-13-5-3-4-6-14(13)24(17)2/h3-6,11H,7-10H2,1-2H3,(H,22,23,25). The Morgan fingerprint density at radius 2 is 2.15 bits per heavy atom. The van der Waals surface area contributed by atoms with Gasteiger partial charge in [-0.1, -0.05) is 19.1 Å². The number of imidazole rings is 1. The summed E-state index contributed by atoms with van der Waals surface area (Å²) in [7, 11) is 2.01. The molecule has 0 aliphatic heterocycles. The van der Waals surface area contributed by atoms with E-state index in [0.29, 0.717) is 18.2 Å². The fourth-order valence-corrected chi connectivity index (χ4v) is 5.38. The molecule has 0 amide bonds. The lowest BCUT2D eigenvalue weighted by Gasteiger charge is -2.17. The molecule has 132 valence electrons. The van der Waals surface area contributed by atoms with Crippen LogP contribution in [0, 0.1) is 5.92 Å². The van der Waals surface area contributed by atoms with Crippen molar-refractivity contribution in [3.8, 4) is 0 Å². The summed E-state index contributed by atoms with van der Waals surface area (Å²) in [6.07, 6.45) is 3.73. The summed E-state index contributed by atoms with van der Waals surface area (Å²) in [5.41, 5.74) is 3.28. The first-order valence-corrected chi connectivity index (χ1v) is 9.85. The summed E-state index contributed by atoms with van der Waals surface area (Å²) in [4.78, 5) is 27.4. The van der Waals surface area contributed by atoms with Crippen LogP contribution in [0.1, 0.15) is 35.4 Å². The monoisotopic (exact) mass is 364 g/mol. The number of nitrogens with zero attached hydrogens (tertiary/aromatic N) is 3. The Hall–Kier alpha value is -2.47. The highest BCUT2D eigenvalue weighted by molar-refractivity contribution is 7.18. The number of H-pyrrole nitrogens is 1. The molecule has 26 heavy (non-hydrogen) atoms. The van der Waals surface area contributed by atoms with E-state index < -0.39 is 0 Å². The van der Waals surface area contributed by atoms with E-state index in [-0.39, 0.29) is 5.56 Å². The van der Waals surface area contributed by atoms with Gasteiger partial charge in [0.2, 0.25) is 0 Å². The predicted octanol–water partition coefficient (Wildman–Crippen LogP) is 3.59. The van der Waals surface area contributed by atoms with Crippen molar-refractivity contribution in [3.05, 3.63) is 56.7 Å². The minimum absolute atomic E-state index is 0.00387. The van der Waals surface area contributed by atoms with Gasteiger partial charge in [-0.05, 0) is 42.9 Å². The molecule has 1 aliphatic rings. The second-order valence-corrected chi connectivity index (χ2v) is 8.38. The van der Waals surface area contributed by atoms with Gasteiger partial charge in [-0.2, -0.15) is 0 Å². The zero-order valence-electron chi connectivity index (χ0n) is 14.9. The van der Waals surface area contributed by atoms with Crippen molar-refractivity contribution in [2.45, 2.75) is 32.6 Å². The number of aromatic nitrogens is 4. The molecule has 1 aromatic carbocycles. The van der Waals surface area contributed by atoms with Gasteiger partial charge in [0.25, 0.3) is 5.56 Å². The molecule has 6 heteroatoms. The normalized spacial score (nSPS) is 17.1. The van der Waals surface area contributed by atoms with Gasteiger partial charge in [-0.25, -0.2) is 9.97 Å². The lowest BCUT2D eigenvalue weighted by molar-refractivity contribution is 0.509. The Kier molecular flexibility index (Phi) is 3.50. The number of fused-ring (bicyclic) bond motifs is 4. The third-order valence-corrected chi connectivity index (χ3v) is 6.57. The lowest BCUT2D eigenvalue weighted by atomic mass is 9.89. The van der Waals surface area contributed by atoms with Gasteiger partial charge in [-0.3, -0.25) is 4.79 Å². The maximum Gasteiger partial charge on any atom is 0.259 e. The molecule has 5 rings (SSSR count). The van der Waals surface area contributed by atoms with Crippen molar-refractivity contribution < 1.29 is 0 Å². The van der Waals surface area contributed by atoms with E-state index >= 15 is 0 Å². The van der Waals surface area contributed by atoms with Crippen LogP contribution < -0.4 is 5.56 Å². The first-order valence-electron chi connectivity index (χ1n) is 9.04. The molecule has 0 saturated carbocycles. The average Bonchev–Trinajstić information content (AvgIpc) is 3.13. The fraction of sp³-hybridized carbons (Fsp3) is 0.350. The van der Waals surface area contributed by atoms with Crippen LogP contribution in [0.4, 0.5) is 0 Å². The molecule has 4 aromatic rings. The Bertz CT molecular complexity index is 1200. The summed E-state index contributed by atoms with van der Waals surface area (Å²) in [5.74, 6) is 2.28. The topological polar surface area (TPSA) is 63.6 Å². The van der Waals surface area contributed by atoms with Gasteiger partial charge in [0.15, 0.2) is 0 Å². The smallest absolute Gasteiger partial charge is 0.259 e. The van der Waals surface area contributed by atoms with Crippen LogP contribution >= 0.6 is 11.3 Å². The van der Waals surface area contributed by atoms with Crippen LogP contribution in [0.5, 0.6) is 0 Å². The first kappa shape index (κ1) is 15.8. The summed E-state index contributed by atoms with van der Waals surface area (Å²) in [5, 5.41) is 0.811. The maximum absolute atomic E-state index is 12.7. The quantitative estimate of drug-likeness (QED) is 0.591. The molecular formula is C20H20N4OS. The molecule has 0 radical (unpaired) electrons. The summed E-state index contributed by atoms with van der Waals surface area (Å²) in [6, 6.07) is 8.06. The van der Waals surface area contributed by atoms with Crippen molar-refractivity contribution in [2.75, 3.05) is 0 Å². The first-order chi connectivity index (χ1) is 12.6. The number of aryl methyl sites for hydroxylation is 2. The molecule has 3 aromatic heterocycles. The van der Waals surface area contributed by atoms with E-state index in [4.69, 9.17) is 9.97 Å². The number of thiophene rings is 1. The number of benzene rings is 1. The van der Waals surface area contributed by atoms with Crippen molar-refractivity contribution >= 4 is 32.6 Å². The van der Waals surface area contributed by atoms with E-state index in [1.54, 1.807) is 11.3 Å². The molecule has 0 bridgehead atoms. The highest BCUT2D eigenvalue weighted by atomic mass is 32.1. The Labute approximate surface area is 154 Å². The van der Waals surface area contributed by atoms with E-state index in [2.05, 4.69) is 22.5 Å². The number of hydrogen-bond donors (Lipinski definition) is 1. The highest BCUT2D eigenvalue weighted by Gasteiger charge is 2.23. The second-order valence-electron chi connectivity index (χ2n) is 7.30. The average molecular weight is 364 g/mol. The van der Waals surface area contributed by atoms with Crippen LogP contribution in [-0.2, 0) is 26.3 Å². The minimum atomic E-state index is -0.00387. The maximum atomic E-state index is 12.7. The molecule has 1 aliphatic carbocycles. The molecule has 0 saturated heterocycles. The predicted molar refractivity (Wildman–Crippen MR) is 105 cm³/mol. The summed E-state index contributed by atoms with van der Waals surface area (Å²) >= 11 is 1.69. The van der Waals surface area contributed by atoms with Gasteiger partial charge in [0, 0.05) is 11.9 Å². The highest BCUT2D eigenvalue weighted by Crippen LogP contribution is 2.35. The third-order valence-electron chi connectivity index (χ3n) is 5.42. The van der Waals surface area contributed by atoms with Gasteiger partial charge in [0.1, 0.15) is 16.5 Å². The van der Waals surface area contributed by atoms with E-state index in [0.717, 1.165) is 46.3 Å². The number of aromatic amines is 1. The van der Waals surface area contributed by atoms with Crippen molar-refractivity contribution in [1.82, 2.24) is 19.5 Å². The zero-order valence-corrected chi connectivity index (χ0v) is 15.7. The largest absolute Gasteiger partial charge is 0.331 e. The number of nitrogens with one attached hydrogen (secondary N) is 1. The molecule has 5 nitrogen and oxygen atoms in total.